The van der Waals surface area contributed by atoms with Gasteiger partial charge in [-0.1, -0.05) is 36.9 Å². The van der Waals surface area contributed by atoms with Gasteiger partial charge in [0.2, 0.25) is 0 Å². The van der Waals surface area contributed by atoms with Gasteiger partial charge in [0.15, 0.2) is 0 Å². The molecule has 104 valence electrons. The van der Waals surface area contributed by atoms with Gasteiger partial charge in [0.1, 0.15) is 0 Å². The number of hydrogen-bond acceptors (Lipinski definition) is 3. The zero-order valence-electron chi connectivity index (χ0n) is 10.8. The molecular weight excluding hydrogens is 294 g/mol. The molecule has 20 heavy (non-hydrogen) atoms. The molecule has 0 saturated carbocycles. The number of aryl methyl sites for hydroxylation is 1. The molecule has 0 saturated heterocycles. The lowest BCUT2D eigenvalue weighted by atomic mass is 10.1. The van der Waals surface area contributed by atoms with E-state index in [4.69, 9.17) is 0 Å². The van der Waals surface area contributed by atoms with E-state index in [0.29, 0.717) is 11.4 Å². The highest BCUT2D eigenvalue weighted by Gasteiger charge is 2.31. The fourth-order valence-corrected chi connectivity index (χ4v) is 4.20. The summed E-state index contributed by atoms with van der Waals surface area (Å²) in [6, 6.07) is 12.8. The first-order valence-electron chi connectivity index (χ1n) is 6.18. The Morgan fingerprint density at radius 2 is 1.80 bits per heavy atom. The van der Waals surface area contributed by atoms with E-state index >= 15 is 0 Å². The van der Waals surface area contributed by atoms with Gasteiger partial charge in [-0.2, -0.15) is 8.42 Å². The summed E-state index contributed by atoms with van der Waals surface area (Å²) in [5.41, 5.74) is 2.02. The second-order valence-corrected chi connectivity index (χ2v) is 6.81. The van der Waals surface area contributed by atoms with E-state index in [2.05, 4.69) is 0 Å². The highest BCUT2D eigenvalue weighted by molar-refractivity contribution is 8.00. The van der Waals surface area contributed by atoms with E-state index in [9.17, 15) is 13.0 Å². The molecule has 0 aromatic heterocycles. The van der Waals surface area contributed by atoms with Crippen LogP contribution in [0.5, 0.6) is 0 Å². The van der Waals surface area contributed by atoms with Gasteiger partial charge >= 0.3 is 10.3 Å². The van der Waals surface area contributed by atoms with Crippen LogP contribution in [0.1, 0.15) is 12.5 Å². The first kappa shape index (κ1) is 13.5. The summed E-state index contributed by atoms with van der Waals surface area (Å²) in [5, 5.41) is 0. The molecule has 0 spiro atoms. The van der Waals surface area contributed by atoms with Gasteiger partial charge in [0.25, 0.3) is 0 Å². The lowest BCUT2D eigenvalue weighted by Crippen LogP contribution is -2.27. The molecule has 2 aromatic rings. The van der Waals surface area contributed by atoms with Crippen LogP contribution in [-0.2, 0) is 16.7 Å². The molecule has 1 aliphatic heterocycles. The van der Waals surface area contributed by atoms with Crippen LogP contribution in [-0.4, -0.2) is 13.0 Å². The summed E-state index contributed by atoms with van der Waals surface area (Å²) in [5.74, 6) is 0. The molecule has 0 aliphatic carbocycles. The average molecular weight is 307 g/mol. The maximum Gasteiger partial charge on any atom is 0.364 e. The standard InChI is InChI=1S/C14H13NO3S2/c1-2-10-7-8-14-12(9-10)15(20(16,17)18)11-5-3-4-6-13(11)19-14/h3-9H,2H2,1H3,(H,16,17,18). The summed E-state index contributed by atoms with van der Waals surface area (Å²) < 4.78 is 34.2. The highest BCUT2D eigenvalue weighted by Crippen LogP contribution is 2.49. The van der Waals surface area contributed by atoms with Gasteiger partial charge < -0.3 is 0 Å². The van der Waals surface area contributed by atoms with Crippen molar-refractivity contribution in [1.82, 2.24) is 0 Å². The van der Waals surface area contributed by atoms with E-state index < -0.39 is 10.3 Å². The van der Waals surface area contributed by atoms with Crippen LogP contribution in [0.25, 0.3) is 0 Å². The van der Waals surface area contributed by atoms with Crippen molar-refractivity contribution in [3.8, 4) is 0 Å². The van der Waals surface area contributed by atoms with Gasteiger partial charge in [0, 0.05) is 9.79 Å². The predicted molar refractivity (Wildman–Crippen MR) is 80.1 cm³/mol. The van der Waals surface area contributed by atoms with Crippen LogP contribution in [0.4, 0.5) is 11.4 Å². The third kappa shape index (κ3) is 2.19. The topological polar surface area (TPSA) is 57.6 Å². The van der Waals surface area contributed by atoms with Crippen molar-refractivity contribution < 1.29 is 13.0 Å². The fraction of sp³-hybridized carbons (Fsp3) is 0.143. The summed E-state index contributed by atoms with van der Waals surface area (Å²) in [6.07, 6.45) is 0.804. The molecule has 1 aliphatic rings. The lowest BCUT2D eigenvalue weighted by Gasteiger charge is -2.29. The Hall–Kier alpha value is -1.50. The Balaban J connectivity index is 2.28. The minimum Gasteiger partial charge on any atom is -0.269 e. The van der Waals surface area contributed by atoms with E-state index in [1.165, 1.54) is 11.8 Å². The second-order valence-electron chi connectivity index (χ2n) is 4.47. The summed E-state index contributed by atoms with van der Waals surface area (Å²) in [6.45, 7) is 2.00. The molecule has 0 atom stereocenters. The van der Waals surface area contributed by atoms with Gasteiger partial charge in [-0.3, -0.25) is 4.55 Å². The monoisotopic (exact) mass is 307 g/mol. The number of anilines is 2. The van der Waals surface area contributed by atoms with Crippen molar-refractivity contribution in [2.45, 2.75) is 23.1 Å². The molecule has 1 heterocycles. The Bertz CT molecular complexity index is 772. The number of fused-ring (bicyclic) bond motifs is 2. The zero-order chi connectivity index (χ0) is 14.3. The Labute approximate surface area is 122 Å². The predicted octanol–water partition coefficient (Wildman–Crippen LogP) is 3.65. The summed E-state index contributed by atoms with van der Waals surface area (Å²) >= 11 is 1.50. The molecule has 3 rings (SSSR count). The molecule has 0 fully saturated rings. The number of hydrogen-bond donors (Lipinski definition) is 1. The van der Waals surface area contributed by atoms with E-state index in [1.54, 1.807) is 12.1 Å². The number of para-hydroxylation sites is 1. The minimum absolute atomic E-state index is 0.487. The Morgan fingerprint density at radius 1 is 1.10 bits per heavy atom. The van der Waals surface area contributed by atoms with Crippen LogP contribution >= 0.6 is 11.8 Å². The molecule has 6 heteroatoms. The smallest absolute Gasteiger partial charge is 0.269 e. The van der Waals surface area contributed by atoms with Crippen LogP contribution in [0.3, 0.4) is 0 Å². The van der Waals surface area contributed by atoms with Crippen molar-refractivity contribution in [1.29, 1.82) is 0 Å². The normalized spacial score (nSPS) is 13.8. The Morgan fingerprint density at radius 3 is 2.50 bits per heavy atom. The van der Waals surface area contributed by atoms with Crippen molar-refractivity contribution >= 4 is 33.4 Å². The molecule has 4 nitrogen and oxygen atoms in total. The summed E-state index contributed by atoms with van der Waals surface area (Å²) in [7, 11) is -4.36. The van der Waals surface area contributed by atoms with Gasteiger partial charge in [-0.05, 0) is 36.2 Å². The van der Waals surface area contributed by atoms with Crippen LogP contribution in [0, 0.1) is 0 Å². The van der Waals surface area contributed by atoms with E-state index in [0.717, 1.165) is 26.1 Å². The summed E-state index contributed by atoms with van der Waals surface area (Å²) in [4.78, 5) is 1.63. The maximum atomic E-state index is 11.8. The molecule has 2 aromatic carbocycles. The fourth-order valence-electron chi connectivity index (χ4n) is 2.24. The SMILES string of the molecule is CCc1ccc2c(c1)N(S(=O)(=O)O)c1ccccc1S2. The van der Waals surface area contributed by atoms with Crippen molar-refractivity contribution in [3.63, 3.8) is 0 Å². The number of rotatable bonds is 2. The van der Waals surface area contributed by atoms with Gasteiger partial charge in [0.05, 0.1) is 11.4 Å². The van der Waals surface area contributed by atoms with Gasteiger partial charge in [-0.25, -0.2) is 4.31 Å². The third-order valence-corrected chi connectivity index (χ3v) is 5.17. The van der Waals surface area contributed by atoms with Crippen LogP contribution < -0.4 is 4.31 Å². The van der Waals surface area contributed by atoms with E-state index in [-0.39, 0.29) is 0 Å². The Kier molecular flexibility index (Phi) is 3.24. The van der Waals surface area contributed by atoms with Crippen molar-refractivity contribution in [2.24, 2.45) is 0 Å². The molecule has 1 N–H and O–H groups in total. The highest BCUT2D eigenvalue weighted by atomic mass is 32.2. The minimum atomic E-state index is -4.36. The lowest BCUT2D eigenvalue weighted by molar-refractivity contribution is 0.483. The molecule has 0 radical (unpaired) electrons. The van der Waals surface area contributed by atoms with Crippen molar-refractivity contribution in [3.05, 3.63) is 48.0 Å². The average Bonchev–Trinajstić information content (AvgIpc) is 2.42. The molecule has 0 bridgehead atoms. The zero-order valence-corrected chi connectivity index (χ0v) is 12.4. The van der Waals surface area contributed by atoms with Crippen molar-refractivity contribution in [2.75, 3.05) is 4.31 Å². The molecule has 0 amide bonds. The first-order chi connectivity index (χ1) is 9.50. The van der Waals surface area contributed by atoms with Crippen LogP contribution in [0.2, 0.25) is 0 Å². The second kappa shape index (κ2) is 4.80. The van der Waals surface area contributed by atoms with E-state index in [1.807, 2.05) is 37.3 Å². The van der Waals surface area contributed by atoms with Gasteiger partial charge in [-0.15, -0.1) is 0 Å². The molecular formula is C14H13NO3S2. The number of benzene rings is 2. The third-order valence-electron chi connectivity index (χ3n) is 3.19. The largest absolute Gasteiger partial charge is 0.364 e. The van der Waals surface area contributed by atoms with Crippen LogP contribution in [0.15, 0.2) is 52.3 Å². The quantitative estimate of drug-likeness (QED) is 0.860. The molecule has 0 unspecified atom stereocenters. The number of nitrogens with zero attached hydrogens (tertiary/aromatic N) is 1. The maximum absolute atomic E-state index is 11.8. The first-order valence-corrected chi connectivity index (χ1v) is 8.39.